The summed E-state index contributed by atoms with van der Waals surface area (Å²) in [5, 5.41) is 4.29. The molecule has 0 aromatic carbocycles. The van der Waals surface area contributed by atoms with Crippen LogP contribution in [0.1, 0.15) is 26.5 Å². The van der Waals surface area contributed by atoms with Crippen molar-refractivity contribution in [3.8, 4) is 0 Å². The van der Waals surface area contributed by atoms with Gasteiger partial charge in [0.2, 0.25) is 5.95 Å². The fourth-order valence-corrected chi connectivity index (χ4v) is 1.66. The van der Waals surface area contributed by atoms with E-state index >= 15 is 0 Å². The summed E-state index contributed by atoms with van der Waals surface area (Å²) in [5.74, 6) is 1.04. The molecule has 0 aliphatic rings. The molecule has 96 valence electrons. The maximum absolute atomic E-state index is 5.63. The van der Waals surface area contributed by atoms with Gasteiger partial charge in [0.15, 0.2) is 5.82 Å². The zero-order chi connectivity index (χ0) is 13.3. The first-order valence-corrected chi connectivity index (χ1v) is 5.99. The lowest BCUT2D eigenvalue weighted by molar-refractivity contribution is 0.442. The van der Waals surface area contributed by atoms with Gasteiger partial charge in [-0.3, -0.25) is 0 Å². The number of nitrogens with one attached hydrogen (secondary N) is 1. The van der Waals surface area contributed by atoms with E-state index in [1.54, 1.807) is 6.20 Å². The average Bonchev–Trinajstić information content (AvgIpc) is 2.25. The topological polar surface area (TPSA) is 76.7 Å². The van der Waals surface area contributed by atoms with E-state index in [0.29, 0.717) is 0 Å². The lowest BCUT2D eigenvalue weighted by atomic mass is 9.97. The molecule has 2 rings (SSSR count). The number of anilines is 2. The van der Waals surface area contributed by atoms with E-state index in [9.17, 15) is 0 Å². The molecule has 0 radical (unpaired) electrons. The van der Waals surface area contributed by atoms with Crippen molar-refractivity contribution >= 4 is 22.7 Å². The quantitative estimate of drug-likeness (QED) is 0.849. The minimum atomic E-state index is 0.177. The number of rotatable bonds is 2. The van der Waals surface area contributed by atoms with Gasteiger partial charge >= 0.3 is 0 Å². The van der Waals surface area contributed by atoms with Gasteiger partial charge in [0, 0.05) is 23.8 Å². The molecule has 2 heterocycles. The van der Waals surface area contributed by atoms with Crippen LogP contribution < -0.4 is 11.1 Å². The molecule has 0 atom stereocenters. The Morgan fingerprint density at radius 1 is 1.28 bits per heavy atom. The second kappa shape index (κ2) is 4.40. The van der Waals surface area contributed by atoms with Gasteiger partial charge in [0.25, 0.3) is 0 Å². The van der Waals surface area contributed by atoms with Crippen molar-refractivity contribution in [2.75, 3.05) is 17.6 Å². The van der Waals surface area contributed by atoms with Crippen LogP contribution in [0.25, 0.3) is 10.9 Å². The zero-order valence-corrected chi connectivity index (χ0v) is 11.3. The Hall–Kier alpha value is -1.91. The van der Waals surface area contributed by atoms with Crippen LogP contribution in [-0.2, 0) is 0 Å². The molecule has 0 spiro atoms. The third-order valence-corrected chi connectivity index (χ3v) is 2.50. The van der Waals surface area contributed by atoms with Gasteiger partial charge in [-0.15, -0.1) is 0 Å². The summed E-state index contributed by atoms with van der Waals surface area (Å²) in [6, 6.07) is 1.96. The van der Waals surface area contributed by atoms with Gasteiger partial charge in [-0.05, 0) is 18.4 Å². The van der Waals surface area contributed by atoms with Crippen LogP contribution in [0, 0.1) is 12.3 Å². The molecule has 0 unspecified atom stereocenters. The first kappa shape index (κ1) is 12.5. The summed E-state index contributed by atoms with van der Waals surface area (Å²) in [5.41, 5.74) is 7.52. The molecular formula is C13H19N5. The minimum absolute atomic E-state index is 0.177. The van der Waals surface area contributed by atoms with Gasteiger partial charge in [-0.25, -0.2) is 15.0 Å². The highest BCUT2D eigenvalue weighted by atomic mass is 15.0. The maximum atomic E-state index is 5.63. The van der Waals surface area contributed by atoms with Crippen LogP contribution in [0.5, 0.6) is 0 Å². The van der Waals surface area contributed by atoms with Crippen LogP contribution in [0.2, 0.25) is 0 Å². The molecule has 18 heavy (non-hydrogen) atoms. The molecule has 0 saturated carbocycles. The van der Waals surface area contributed by atoms with Crippen LogP contribution >= 0.6 is 0 Å². The molecule has 5 nitrogen and oxygen atoms in total. The summed E-state index contributed by atoms with van der Waals surface area (Å²) in [6.45, 7) is 9.28. The van der Waals surface area contributed by atoms with E-state index in [-0.39, 0.29) is 11.4 Å². The number of nitrogens with zero attached hydrogens (tertiary/aromatic N) is 3. The van der Waals surface area contributed by atoms with Crippen molar-refractivity contribution in [3.05, 3.63) is 18.0 Å². The zero-order valence-electron chi connectivity index (χ0n) is 11.3. The predicted octanol–water partition coefficient (Wildman–Crippen LogP) is 2.37. The molecule has 2 aromatic rings. The van der Waals surface area contributed by atoms with Crippen molar-refractivity contribution in [1.29, 1.82) is 0 Å². The van der Waals surface area contributed by atoms with Crippen molar-refractivity contribution in [1.82, 2.24) is 15.0 Å². The molecule has 2 aromatic heterocycles. The number of aromatic nitrogens is 3. The molecule has 5 heteroatoms. The van der Waals surface area contributed by atoms with E-state index in [1.807, 2.05) is 13.0 Å². The van der Waals surface area contributed by atoms with Crippen LogP contribution in [-0.4, -0.2) is 21.5 Å². The van der Waals surface area contributed by atoms with E-state index in [0.717, 1.165) is 29.0 Å². The number of fused-ring (bicyclic) bond motifs is 1. The van der Waals surface area contributed by atoms with E-state index < -0.39 is 0 Å². The molecule has 3 N–H and O–H groups in total. The Kier molecular flexibility index (Phi) is 3.07. The molecule has 0 amide bonds. The molecular weight excluding hydrogens is 226 g/mol. The van der Waals surface area contributed by atoms with Gasteiger partial charge in [-0.2, -0.15) is 0 Å². The molecule has 0 aliphatic heterocycles. The summed E-state index contributed by atoms with van der Waals surface area (Å²) in [6.07, 6.45) is 1.73. The van der Waals surface area contributed by atoms with E-state index in [2.05, 4.69) is 41.0 Å². The Bertz CT molecular complexity index is 571. The van der Waals surface area contributed by atoms with Crippen molar-refractivity contribution in [2.24, 2.45) is 5.41 Å². The Morgan fingerprint density at radius 2 is 2.00 bits per heavy atom. The highest BCUT2D eigenvalue weighted by Crippen LogP contribution is 2.22. The highest BCUT2D eigenvalue weighted by Gasteiger charge is 2.12. The molecule has 0 aliphatic carbocycles. The third kappa shape index (κ3) is 2.85. The van der Waals surface area contributed by atoms with Gasteiger partial charge in [0.05, 0.1) is 0 Å². The Labute approximate surface area is 107 Å². The van der Waals surface area contributed by atoms with Gasteiger partial charge in [-0.1, -0.05) is 20.8 Å². The number of nitrogens with two attached hydrogens (primary N) is 1. The first-order chi connectivity index (χ1) is 8.35. The predicted molar refractivity (Wildman–Crippen MR) is 74.4 cm³/mol. The fraction of sp³-hybridized carbons (Fsp3) is 0.462. The summed E-state index contributed by atoms with van der Waals surface area (Å²) < 4.78 is 0. The first-order valence-electron chi connectivity index (χ1n) is 5.99. The monoisotopic (exact) mass is 245 g/mol. The lowest BCUT2D eigenvalue weighted by Gasteiger charge is -2.19. The van der Waals surface area contributed by atoms with Crippen molar-refractivity contribution in [3.63, 3.8) is 0 Å². The molecule has 0 saturated heterocycles. The minimum Gasteiger partial charge on any atom is -0.368 e. The second-order valence-electron chi connectivity index (χ2n) is 5.69. The van der Waals surface area contributed by atoms with Crippen molar-refractivity contribution in [2.45, 2.75) is 27.7 Å². The molecule has 0 bridgehead atoms. The van der Waals surface area contributed by atoms with Gasteiger partial charge in [0.1, 0.15) is 5.52 Å². The van der Waals surface area contributed by atoms with E-state index in [4.69, 9.17) is 5.73 Å². The summed E-state index contributed by atoms with van der Waals surface area (Å²) in [7, 11) is 0. The highest BCUT2D eigenvalue weighted by molar-refractivity contribution is 5.88. The van der Waals surface area contributed by atoms with Crippen LogP contribution in [0.15, 0.2) is 12.3 Å². The summed E-state index contributed by atoms with van der Waals surface area (Å²) in [4.78, 5) is 12.8. The van der Waals surface area contributed by atoms with E-state index in [1.165, 1.54) is 0 Å². The number of pyridine rings is 1. The van der Waals surface area contributed by atoms with Crippen LogP contribution in [0.3, 0.4) is 0 Å². The smallest absolute Gasteiger partial charge is 0.220 e. The number of hydrogen-bond donors (Lipinski definition) is 2. The lowest BCUT2D eigenvalue weighted by Crippen LogP contribution is -2.20. The third-order valence-electron chi connectivity index (χ3n) is 2.50. The fourth-order valence-electron chi connectivity index (χ4n) is 1.66. The summed E-state index contributed by atoms with van der Waals surface area (Å²) >= 11 is 0. The van der Waals surface area contributed by atoms with Gasteiger partial charge < -0.3 is 11.1 Å². The number of aryl methyl sites for hydroxylation is 1. The maximum Gasteiger partial charge on any atom is 0.220 e. The number of hydrogen-bond acceptors (Lipinski definition) is 5. The van der Waals surface area contributed by atoms with Crippen molar-refractivity contribution < 1.29 is 0 Å². The second-order valence-corrected chi connectivity index (χ2v) is 5.69. The molecule has 0 fully saturated rings. The Morgan fingerprint density at radius 3 is 2.67 bits per heavy atom. The van der Waals surface area contributed by atoms with Crippen LogP contribution in [0.4, 0.5) is 11.8 Å². The SMILES string of the molecule is Cc1cc2cnc(N)nc2c(NCC(C)(C)C)n1. The Balaban J connectivity index is 2.44. The normalized spacial score (nSPS) is 11.8. The average molecular weight is 245 g/mol. The standard InChI is InChI=1S/C13H19N5/c1-8-5-9-6-15-12(14)18-10(9)11(17-8)16-7-13(2,3)4/h5-6H,7H2,1-4H3,(H,16,17)(H2,14,15,18). The number of nitrogen functional groups attached to an aromatic ring is 1. The largest absolute Gasteiger partial charge is 0.368 e.